The smallest absolute Gasteiger partial charge is 0.117 e. The summed E-state index contributed by atoms with van der Waals surface area (Å²) >= 11 is 3.31. The van der Waals surface area contributed by atoms with Gasteiger partial charge in [-0.05, 0) is 77.1 Å². The molecule has 5 heteroatoms. The Morgan fingerprint density at radius 1 is 1.00 bits per heavy atom. The zero-order chi connectivity index (χ0) is 13.8. The van der Waals surface area contributed by atoms with Crippen LogP contribution in [0, 0.1) is 0 Å². The average molecular weight is 388 g/mol. The van der Waals surface area contributed by atoms with Crippen molar-refractivity contribution in [3.05, 3.63) is 44.8 Å². The van der Waals surface area contributed by atoms with Crippen molar-refractivity contribution in [1.82, 2.24) is 4.90 Å². The molecule has 0 amide bonds. The molecule has 0 aliphatic carbocycles. The number of piperidine rings is 1. The molecule has 21 heavy (non-hydrogen) atoms. The van der Waals surface area contributed by atoms with Crippen LogP contribution in [0.15, 0.2) is 33.7 Å². The molecule has 0 bridgehead atoms. The van der Waals surface area contributed by atoms with Crippen molar-refractivity contribution in [3.8, 4) is 0 Å². The number of rotatable bonds is 5. The molecule has 2 aromatic rings. The molecule has 1 aliphatic rings. The molecule has 2 aromatic heterocycles. The van der Waals surface area contributed by atoms with Gasteiger partial charge in [-0.25, -0.2) is 0 Å². The van der Waals surface area contributed by atoms with Crippen molar-refractivity contribution < 1.29 is 5.11 Å². The Morgan fingerprint density at radius 3 is 2.05 bits per heavy atom. The summed E-state index contributed by atoms with van der Waals surface area (Å²) in [6.07, 6.45) is 4.74. The van der Waals surface area contributed by atoms with Crippen LogP contribution in [-0.4, -0.2) is 29.6 Å². The first-order valence-corrected chi connectivity index (χ1v) is 9.18. The number of nitrogens with zero attached hydrogens (tertiary/aromatic N) is 1. The van der Waals surface area contributed by atoms with Crippen molar-refractivity contribution in [2.24, 2.45) is 0 Å². The molecular weight excluding hydrogens is 366 g/mol. The predicted molar refractivity (Wildman–Crippen MR) is 96.9 cm³/mol. The molecule has 0 atom stereocenters. The molecule has 1 N–H and O–H groups in total. The van der Waals surface area contributed by atoms with Gasteiger partial charge in [0.15, 0.2) is 0 Å². The molecule has 0 saturated carbocycles. The maximum absolute atomic E-state index is 11.2. The topological polar surface area (TPSA) is 23.5 Å². The quantitative estimate of drug-likeness (QED) is 0.815. The lowest BCUT2D eigenvalue weighted by Gasteiger charge is -2.32. The second-order valence-corrected chi connectivity index (χ2v) is 7.10. The maximum atomic E-state index is 11.2. The Hall–Kier alpha value is -0.200. The molecule has 0 spiro atoms. The first-order valence-electron chi connectivity index (χ1n) is 7.29. The van der Waals surface area contributed by atoms with Crippen molar-refractivity contribution in [1.29, 1.82) is 0 Å². The third-order valence-electron chi connectivity index (χ3n) is 4.24. The molecule has 116 valence electrons. The van der Waals surface area contributed by atoms with Crippen LogP contribution in [-0.2, 0) is 5.60 Å². The van der Waals surface area contributed by atoms with Gasteiger partial charge in [-0.2, -0.15) is 22.7 Å². The predicted octanol–water partition coefficient (Wildman–Crippen LogP) is 4.50. The molecule has 2 nitrogen and oxygen atoms in total. The zero-order valence-electron chi connectivity index (χ0n) is 12.0. The van der Waals surface area contributed by atoms with E-state index in [1.54, 1.807) is 22.7 Å². The fourth-order valence-electron chi connectivity index (χ4n) is 2.96. The number of hydrogen-bond donors (Lipinski definition) is 1. The average Bonchev–Trinajstić information content (AvgIpc) is 3.18. The molecule has 3 rings (SSSR count). The molecule has 1 fully saturated rings. The fraction of sp³-hybridized carbons (Fsp3) is 0.500. The minimum Gasteiger partial charge on any atom is -0.380 e. The van der Waals surface area contributed by atoms with Crippen LogP contribution >= 0.6 is 39.7 Å². The largest absolute Gasteiger partial charge is 0.380 e. The van der Waals surface area contributed by atoms with E-state index >= 15 is 0 Å². The first-order chi connectivity index (χ1) is 9.79. The molecule has 0 unspecified atom stereocenters. The minimum atomic E-state index is -0.822. The summed E-state index contributed by atoms with van der Waals surface area (Å²) < 4.78 is 0. The Kier molecular flexibility index (Phi) is 6.44. The second-order valence-electron chi connectivity index (χ2n) is 5.54. The lowest BCUT2D eigenvalue weighted by Crippen LogP contribution is -2.36. The Morgan fingerprint density at radius 2 is 1.57 bits per heavy atom. The number of aliphatic hydroxyl groups is 1. The standard InChI is InChI=1S/C16H21NOS2.BrH/c18-16(14-4-10-19-12-14,15-5-11-20-13-15)6-9-17-7-2-1-3-8-17;/h4-5,10-13,18H,1-3,6-9H2;1H. The van der Waals surface area contributed by atoms with E-state index in [9.17, 15) is 5.11 Å². The molecular formula is C16H22BrNOS2. The summed E-state index contributed by atoms with van der Waals surface area (Å²) in [6, 6.07) is 4.11. The SMILES string of the molecule is Br.OC(CCN1CCCCC1)(c1ccsc1)c1ccsc1. The summed E-state index contributed by atoms with van der Waals surface area (Å²) in [5, 5.41) is 19.5. The van der Waals surface area contributed by atoms with Crippen LogP contribution in [0.1, 0.15) is 36.8 Å². The third kappa shape index (κ3) is 3.96. The molecule has 1 saturated heterocycles. The highest BCUT2D eigenvalue weighted by atomic mass is 79.9. The van der Waals surface area contributed by atoms with Gasteiger partial charge in [-0.15, -0.1) is 17.0 Å². The van der Waals surface area contributed by atoms with Crippen LogP contribution in [0.4, 0.5) is 0 Å². The highest BCUT2D eigenvalue weighted by Gasteiger charge is 2.32. The summed E-state index contributed by atoms with van der Waals surface area (Å²) in [5.41, 5.74) is 1.26. The first kappa shape index (κ1) is 17.2. The van der Waals surface area contributed by atoms with E-state index in [4.69, 9.17) is 0 Å². The van der Waals surface area contributed by atoms with Crippen molar-refractivity contribution in [2.45, 2.75) is 31.3 Å². The summed E-state index contributed by atoms with van der Waals surface area (Å²) in [5.74, 6) is 0. The number of thiophene rings is 2. The van der Waals surface area contributed by atoms with Crippen molar-refractivity contribution >= 4 is 39.7 Å². The van der Waals surface area contributed by atoms with E-state index < -0.39 is 5.60 Å². The summed E-state index contributed by atoms with van der Waals surface area (Å²) in [7, 11) is 0. The van der Waals surface area contributed by atoms with Crippen LogP contribution in [0.25, 0.3) is 0 Å². The number of likely N-dealkylation sites (tertiary alicyclic amines) is 1. The highest BCUT2D eigenvalue weighted by Crippen LogP contribution is 2.35. The molecule has 1 aliphatic heterocycles. The Balaban J connectivity index is 0.00000161. The monoisotopic (exact) mass is 387 g/mol. The van der Waals surface area contributed by atoms with Crippen molar-refractivity contribution in [3.63, 3.8) is 0 Å². The van der Waals surface area contributed by atoms with E-state index in [1.165, 1.54) is 32.4 Å². The molecule has 3 heterocycles. The van der Waals surface area contributed by atoms with Gasteiger partial charge in [0, 0.05) is 6.54 Å². The van der Waals surface area contributed by atoms with Crippen molar-refractivity contribution in [2.75, 3.05) is 19.6 Å². The molecule has 0 radical (unpaired) electrons. The van der Waals surface area contributed by atoms with Gasteiger partial charge in [-0.1, -0.05) is 6.42 Å². The fourth-order valence-corrected chi connectivity index (χ4v) is 4.41. The third-order valence-corrected chi connectivity index (χ3v) is 5.60. The van der Waals surface area contributed by atoms with Crippen LogP contribution in [0.2, 0.25) is 0 Å². The van der Waals surface area contributed by atoms with Gasteiger partial charge in [0.05, 0.1) is 0 Å². The summed E-state index contributed by atoms with van der Waals surface area (Å²) in [4.78, 5) is 2.49. The number of halogens is 1. The lowest BCUT2D eigenvalue weighted by atomic mass is 9.86. The summed E-state index contributed by atoms with van der Waals surface area (Å²) in [6.45, 7) is 3.34. The second kappa shape index (κ2) is 7.88. The Labute approximate surface area is 145 Å². The van der Waals surface area contributed by atoms with E-state index in [1.807, 2.05) is 10.8 Å². The van der Waals surface area contributed by atoms with Gasteiger partial charge >= 0.3 is 0 Å². The lowest BCUT2D eigenvalue weighted by molar-refractivity contribution is 0.0553. The van der Waals surface area contributed by atoms with Crippen LogP contribution < -0.4 is 0 Å². The van der Waals surface area contributed by atoms with E-state index in [0.717, 1.165) is 24.1 Å². The van der Waals surface area contributed by atoms with Gasteiger partial charge in [0.2, 0.25) is 0 Å². The number of hydrogen-bond acceptors (Lipinski definition) is 4. The van der Waals surface area contributed by atoms with Gasteiger partial charge in [-0.3, -0.25) is 0 Å². The minimum absolute atomic E-state index is 0. The highest BCUT2D eigenvalue weighted by molar-refractivity contribution is 8.93. The maximum Gasteiger partial charge on any atom is 0.117 e. The van der Waals surface area contributed by atoms with Gasteiger partial charge in [0.25, 0.3) is 0 Å². The van der Waals surface area contributed by atoms with Crippen LogP contribution in [0.5, 0.6) is 0 Å². The van der Waals surface area contributed by atoms with Gasteiger partial charge in [0.1, 0.15) is 5.60 Å². The Bertz CT molecular complexity index is 472. The van der Waals surface area contributed by atoms with Crippen LogP contribution in [0.3, 0.4) is 0 Å². The van der Waals surface area contributed by atoms with E-state index in [2.05, 4.69) is 27.8 Å². The normalized spacial score (nSPS) is 16.6. The van der Waals surface area contributed by atoms with E-state index in [-0.39, 0.29) is 17.0 Å². The zero-order valence-corrected chi connectivity index (χ0v) is 15.4. The van der Waals surface area contributed by atoms with Gasteiger partial charge < -0.3 is 10.0 Å². The molecule has 0 aromatic carbocycles. The van der Waals surface area contributed by atoms with E-state index in [0.29, 0.717) is 0 Å².